The van der Waals surface area contributed by atoms with Crippen molar-refractivity contribution in [3.05, 3.63) is 41.2 Å². The van der Waals surface area contributed by atoms with Crippen molar-refractivity contribution in [3.8, 4) is 11.4 Å². The molecule has 1 atom stereocenters. The maximum Gasteiger partial charge on any atom is 0.275 e. The molecule has 1 amide bonds. The lowest BCUT2D eigenvalue weighted by atomic mass is 10.1. The smallest absolute Gasteiger partial charge is 0.275 e. The van der Waals surface area contributed by atoms with E-state index in [4.69, 9.17) is 0 Å². The summed E-state index contributed by atoms with van der Waals surface area (Å²) in [5.41, 5.74) is 2.81. The summed E-state index contributed by atoms with van der Waals surface area (Å²) in [5, 5.41) is 16.9. The second kappa shape index (κ2) is 6.51. The Balaban J connectivity index is 1.74. The Kier molecular flexibility index (Phi) is 4.55. The highest BCUT2D eigenvalue weighted by Gasteiger charge is 2.28. The van der Waals surface area contributed by atoms with Gasteiger partial charge in [-0.1, -0.05) is 12.1 Å². The number of aromatic nitrogens is 2. The number of nitrogens with one attached hydrogen (secondary N) is 1. The van der Waals surface area contributed by atoms with Crippen molar-refractivity contribution in [2.45, 2.75) is 20.3 Å². The maximum absolute atomic E-state index is 12.3. The lowest BCUT2D eigenvalue weighted by Crippen LogP contribution is -2.30. The Morgan fingerprint density at radius 1 is 1.40 bits per heavy atom. The second-order valence-corrected chi connectivity index (χ2v) is 8.73. The van der Waals surface area contributed by atoms with Crippen LogP contribution < -0.4 is 5.32 Å². The molecule has 2 aromatic rings. The fourth-order valence-corrected chi connectivity index (χ4v) is 4.85. The molecule has 0 aliphatic carbocycles. The van der Waals surface area contributed by atoms with E-state index in [1.54, 1.807) is 0 Å². The number of amides is 1. The molecule has 1 unspecified atom stereocenters. The van der Waals surface area contributed by atoms with Gasteiger partial charge in [-0.2, -0.15) is 5.10 Å². The third kappa shape index (κ3) is 3.68. The van der Waals surface area contributed by atoms with Crippen LogP contribution in [0.25, 0.3) is 5.69 Å². The summed E-state index contributed by atoms with van der Waals surface area (Å²) in [7, 11) is -2.98. The van der Waals surface area contributed by atoms with Crippen molar-refractivity contribution in [1.82, 2.24) is 15.1 Å². The summed E-state index contributed by atoms with van der Waals surface area (Å²) >= 11 is 0. The summed E-state index contributed by atoms with van der Waals surface area (Å²) in [4.78, 5) is 12.3. The van der Waals surface area contributed by atoms with Gasteiger partial charge in [-0.05, 0) is 43.4 Å². The SMILES string of the molecule is Cc1cccc(-n2cc(O)c(C(=O)NCC3CCS(=O)(=O)C3)n2)c1C. The summed E-state index contributed by atoms with van der Waals surface area (Å²) in [6.07, 6.45) is 1.95. The minimum Gasteiger partial charge on any atom is -0.504 e. The molecule has 7 nitrogen and oxygen atoms in total. The summed E-state index contributed by atoms with van der Waals surface area (Å²) < 4.78 is 24.4. The number of aryl methyl sites for hydroxylation is 1. The molecule has 1 aliphatic rings. The number of carbonyl (C=O) groups is 1. The molecule has 2 heterocycles. The molecule has 1 aliphatic heterocycles. The van der Waals surface area contributed by atoms with Crippen molar-refractivity contribution >= 4 is 15.7 Å². The zero-order valence-electron chi connectivity index (χ0n) is 14.2. The van der Waals surface area contributed by atoms with Crippen LogP contribution in [-0.4, -0.2) is 47.3 Å². The Hall–Kier alpha value is -2.35. The molecule has 1 saturated heterocycles. The van der Waals surface area contributed by atoms with Crippen LogP contribution in [0.4, 0.5) is 0 Å². The Morgan fingerprint density at radius 3 is 2.84 bits per heavy atom. The van der Waals surface area contributed by atoms with Gasteiger partial charge in [-0.25, -0.2) is 13.1 Å². The largest absolute Gasteiger partial charge is 0.504 e. The molecule has 8 heteroatoms. The summed E-state index contributed by atoms with van der Waals surface area (Å²) in [6, 6.07) is 5.72. The van der Waals surface area contributed by atoms with E-state index in [9.17, 15) is 18.3 Å². The van der Waals surface area contributed by atoms with Crippen LogP contribution in [0.3, 0.4) is 0 Å². The molecule has 0 bridgehead atoms. The number of rotatable bonds is 4. The van der Waals surface area contributed by atoms with Crippen molar-refractivity contribution in [1.29, 1.82) is 0 Å². The Bertz CT molecular complexity index is 918. The third-order valence-electron chi connectivity index (χ3n) is 4.61. The molecule has 25 heavy (non-hydrogen) atoms. The van der Waals surface area contributed by atoms with Gasteiger partial charge in [-0.3, -0.25) is 4.79 Å². The Morgan fingerprint density at radius 2 is 2.16 bits per heavy atom. The first-order valence-corrected chi connectivity index (χ1v) is 9.93. The average molecular weight is 363 g/mol. The standard InChI is InChI=1S/C17H21N3O4S/c1-11-4-3-5-14(12(11)2)20-9-15(21)16(19-20)17(22)18-8-13-6-7-25(23,24)10-13/h3-5,9,13,21H,6-8,10H2,1-2H3,(H,18,22). The predicted molar refractivity (Wildman–Crippen MR) is 93.8 cm³/mol. The van der Waals surface area contributed by atoms with E-state index < -0.39 is 15.7 Å². The quantitative estimate of drug-likeness (QED) is 0.854. The second-order valence-electron chi connectivity index (χ2n) is 6.51. The number of sulfone groups is 1. The molecule has 0 radical (unpaired) electrons. The lowest BCUT2D eigenvalue weighted by molar-refractivity contribution is 0.0940. The van der Waals surface area contributed by atoms with Gasteiger partial charge in [0.1, 0.15) is 0 Å². The first kappa shape index (κ1) is 17.5. The van der Waals surface area contributed by atoms with E-state index in [2.05, 4.69) is 10.4 Å². The van der Waals surface area contributed by atoms with E-state index in [1.807, 2.05) is 32.0 Å². The average Bonchev–Trinajstić information content (AvgIpc) is 3.10. The van der Waals surface area contributed by atoms with Gasteiger partial charge in [0.25, 0.3) is 5.91 Å². The highest BCUT2D eigenvalue weighted by Crippen LogP contribution is 2.22. The van der Waals surface area contributed by atoms with Gasteiger partial charge in [0.2, 0.25) is 0 Å². The van der Waals surface area contributed by atoms with E-state index in [0.29, 0.717) is 6.42 Å². The number of benzene rings is 1. The van der Waals surface area contributed by atoms with Crippen LogP contribution >= 0.6 is 0 Å². The van der Waals surface area contributed by atoms with Gasteiger partial charge in [0, 0.05) is 6.54 Å². The van der Waals surface area contributed by atoms with Crippen LogP contribution in [0.1, 0.15) is 28.0 Å². The van der Waals surface area contributed by atoms with Gasteiger partial charge in [0.05, 0.1) is 23.4 Å². The van der Waals surface area contributed by atoms with E-state index in [0.717, 1.165) is 16.8 Å². The Labute approximate surface area is 146 Å². The van der Waals surface area contributed by atoms with Gasteiger partial charge in [0.15, 0.2) is 21.3 Å². The molecular formula is C17H21N3O4S. The normalized spacial score (nSPS) is 19.0. The third-order valence-corrected chi connectivity index (χ3v) is 6.45. The molecule has 3 rings (SSSR count). The minimum absolute atomic E-state index is 0.0678. The zero-order chi connectivity index (χ0) is 18.2. The van der Waals surface area contributed by atoms with Gasteiger partial charge < -0.3 is 10.4 Å². The van der Waals surface area contributed by atoms with E-state index in [1.165, 1.54) is 10.9 Å². The number of hydrogen-bond donors (Lipinski definition) is 2. The van der Waals surface area contributed by atoms with Crippen molar-refractivity contribution < 1.29 is 18.3 Å². The van der Waals surface area contributed by atoms with Gasteiger partial charge >= 0.3 is 0 Å². The molecule has 1 aromatic carbocycles. The molecule has 1 fully saturated rings. The first-order valence-electron chi connectivity index (χ1n) is 8.10. The highest BCUT2D eigenvalue weighted by molar-refractivity contribution is 7.91. The number of aromatic hydroxyl groups is 1. The highest BCUT2D eigenvalue weighted by atomic mass is 32.2. The molecule has 2 N–H and O–H groups in total. The van der Waals surface area contributed by atoms with Crippen LogP contribution in [-0.2, 0) is 9.84 Å². The number of nitrogens with zero attached hydrogens (tertiary/aromatic N) is 2. The van der Waals surface area contributed by atoms with Crippen molar-refractivity contribution in [2.24, 2.45) is 5.92 Å². The zero-order valence-corrected chi connectivity index (χ0v) is 15.0. The summed E-state index contributed by atoms with van der Waals surface area (Å²) in [5.74, 6) is -0.545. The topological polar surface area (TPSA) is 101 Å². The van der Waals surface area contributed by atoms with Crippen molar-refractivity contribution in [3.63, 3.8) is 0 Å². The fraction of sp³-hybridized carbons (Fsp3) is 0.412. The van der Waals surface area contributed by atoms with Crippen LogP contribution in [0.2, 0.25) is 0 Å². The fourth-order valence-electron chi connectivity index (χ4n) is 2.99. The van der Waals surface area contributed by atoms with E-state index in [-0.39, 0.29) is 35.4 Å². The van der Waals surface area contributed by atoms with Gasteiger partial charge in [-0.15, -0.1) is 0 Å². The minimum atomic E-state index is -2.98. The number of carbonyl (C=O) groups excluding carboxylic acids is 1. The molecular weight excluding hydrogens is 342 g/mol. The van der Waals surface area contributed by atoms with Crippen LogP contribution in [0.15, 0.2) is 24.4 Å². The molecule has 0 spiro atoms. The van der Waals surface area contributed by atoms with E-state index >= 15 is 0 Å². The lowest BCUT2D eigenvalue weighted by Gasteiger charge is -2.09. The summed E-state index contributed by atoms with van der Waals surface area (Å²) in [6.45, 7) is 4.18. The molecule has 134 valence electrons. The predicted octanol–water partition coefficient (Wildman–Crippen LogP) is 1.36. The first-order chi connectivity index (χ1) is 11.8. The maximum atomic E-state index is 12.3. The van der Waals surface area contributed by atoms with Crippen LogP contribution in [0.5, 0.6) is 5.75 Å². The monoisotopic (exact) mass is 363 g/mol. The molecule has 1 aromatic heterocycles. The van der Waals surface area contributed by atoms with Crippen LogP contribution in [0, 0.1) is 19.8 Å². The van der Waals surface area contributed by atoms with Crippen molar-refractivity contribution in [2.75, 3.05) is 18.1 Å². The number of hydrogen-bond acceptors (Lipinski definition) is 5. The molecule has 0 saturated carbocycles.